The van der Waals surface area contributed by atoms with Crippen molar-refractivity contribution < 1.29 is 18.7 Å². The van der Waals surface area contributed by atoms with Crippen LogP contribution >= 0.6 is 0 Å². The molecule has 2 aromatic carbocycles. The summed E-state index contributed by atoms with van der Waals surface area (Å²) in [4.78, 5) is 40.2. The third-order valence-corrected chi connectivity index (χ3v) is 5.06. The Morgan fingerprint density at radius 3 is 2.41 bits per heavy atom. The Kier molecular flexibility index (Phi) is 5.03. The zero-order valence-corrected chi connectivity index (χ0v) is 16.0. The molecule has 7 heteroatoms. The molecule has 0 spiro atoms. The van der Waals surface area contributed by atoms with Gasteiger partial charge in [-0.1, -0.05) is 30.3 Å². The number of rotatable bonds is 2. The van der Waals surface area contributed by atoms with Crippen LogP contribution in [0.25, 0.3) is 22.1 Å². The molecule has 0 bridgehead atoms. The Balaban J connectivity index is 1.58. The van der Waals surface area contributed by atoms with E-state index in [1.807, 2.05) is 18.2 Å². The van der Waals surface area contributed by atoms with Crippen LogP contribution in [0.2, 0.25) is 0 Å². The van der Waals surface area contributed by atoms with Crippen LogP contribution in [0.3, 0.4) is 0 Å². The number of hydrogen-bond acceptors (Lipinski definition) is 5. The maximum absolute atomic E-state index is 12.9. The van der Waals surface area contributed by atoms with Crippen molar-refractivity contribution >= 4 is 23.0 Å². The molecule has 0 unspecified atom stereocenters. The number of ether oxygens (including phenoxy) is 1. The molecular weight excluding hydrogens is 372 g/mol. The van der Waals surface area contributed by atoms with Crippen molar-refractivity contribution in [1.82, 2.24) is 9.80 Å². The Bertz CT molecular complexity index is 1130. The predicted molar refractivity (Wildman–Crippen MR) is 108 cm³/mol. The summed E-state index contributed by atoms with van der Waals surface area (Å²) in [5.74, 6) is -0.137. The maximum Gasteiger partial charge on any atom is 0.409 e. The van der Waals surface area contributed by atoms with Crippen LogP contribution in [0.1, 0.15) is 10.4 Å². The van der Waals surface area contributed by atoms with E-state index in [2.05, 4.69) is 0 Å². The van der Waals surface area contributed by atoms with Gasteiger partial charge in [0.2, 0.25) is 0 Å². The number of hydrogen-bond donors (Lipinski definition) is 0. The zero-order chi connectivity index (χ0) is 20.4. The van der Waals surface area contributed by atoms with Gasteiger partial charge in [0.25, 0.3) is 5.91 Å². The fraction of sp³-hybridized carbons (Fsp3) is 0.227. The summed E-state index contributed by atoms with van der Waals surface area (Å²) in [6, 6.07) is 16.0. The molecule has 2 amide bonds. The largest absolute Gasteiger partial charge is 0.453 e. The second-order valence-corrected chi connectivity index (χ2v) is 6.82. The maximum atomic E-state index is 12.9. The number of nitrogens with zero attached hydrogens (tertiary/aromatic N) is 2. The monoisotopic (exact) mass is 392 g/mol. The highest BCUT2D eigenvalue weighted by atomic mass is 16.5. The number of carbonyl (C=O) groups excluding carboxylic acids is 2. The molecule has 2 heterocycles. The first kappa shape index (κ1) is 18.7. The SMILES string of the molecule is COC(=O)N1CCN(C(=O)c2cccc(-c3cc4ccccc4oc3=O)c2)CC1. The Morgan fingerprint density at radius 1 is 0.931 bits per heavy atom. The second-order valence-electron chi connectivity index (χ2n) is 6.82. The van der Waals surface area contributed by atoms with Crippen molar-refractivity contribution in [3.05, 3.63) is 70.6 Å². The molecule has 0 saturated carbocycles. The molecule has 0 aliphatic carbocycles. The van der Waals surface area contributed by atoms with Crippen molar-refractivity contribution in [2.24, 2.45) is 0 Å². The number of piperazine rings is 1. The van der Waals surface area contributed by atoms with E-state index in [9.17, 15) is 14.4 Å². The van der Waals surface area contributed by atoms with E-state index in [4.69, 9.17) is 9.15 Å². The molecule has 1 saturated heterocycles. The topological polar surface area (TPSA) is 80.1 Å². The van der Waals surface area contributed by atoms with Crippen molar-refractivity contribution in [3.63, 3.8) is 0 Å². The molecule has 0 N–H and O–H groups in total. The Labute approximate surface area is 167 Å². The minimum absolute atomic E-state index is 0.137. The van der Waals surface area contributed by atoms with Crippen LogP contribution < -0.4 is 5.63 Å². The standard InChI is InChI=1S/C22H20N2O5/c1-28-22(27)24-11-9-23(10-12-24)20(25)17-7-4-6-15(13-17)18-14-16-5-2-3-8-19(16)29-21(18)26/h2-8,13-14H,9-12H2,1H3. The predicted octanol–water partition coefficient (Wildman–Crippen LogP) is 2.98. The van der Waals surface area contributed by atoms with Gasteiger partial charge in [0.05, 0.1) is 12.7 Å². The zero-order valence-electron chi connectivity index (χ0n) is 16.0. The summed E-state index contributed by atoms with van der Waals surface area (Å²) in [6.07, 6.45) is -0.387. The van der Waals surface area contributed by atoms with Crippen LogP contribution in [0.15, 0.2) is 63.8 Å². The van der Waals surface area contributed by atoms with Crippen LogP contribution in [-0.4, -0.2) is 55.1 Å². The highest BCUT2D eigenvalue weighted by Gasteiger charge is 2.25. The molecular formula is C22H20N2O5. The molecule has 1 fully saturated rings. The number of fused-ring (bicyclic) bond motifs is 1. The van der Waals surface area contributed by atoms with Gasteiger partial charge < -0.3 is 19.0 Å². The lowest BCUT2D eigenvalue weighted by Gasteiger charge is -2.33. The quantitative estimate of drug-likeness (QED) is 0.627. The third kappa shape index (κ3) is 3.71. The number of amides is 2. The fourth-order valence-electron chi connectivity index (χ4n) is 3.49. The van der Waals surface area contributed by atoms with Crippen LogP contribution in [0.5, 0.6) is 0 Å². The molecule has 29 heavy (non-hydrogen) atoms. The highest BCUT2D eigenvalue weighted by Crippen LogP contribution is 2.22. The average Bonchev–Trinajstić information content (AvgIpc) is 2.77. The van der Waals surface area contributed by atoms with Gasteiger partial charge in [0.15, 0.2) is 0 Å². The average molecular weight is 392 g/mol. The van der Waals surface area contributed by atoms with Crippen molar-refractivity contribution in [2.75, 3.05) is 33.3 Å². The van der Waals surface area contributed by atoms with Gasteiger partial charge in [-0.3, -0.25) is 4.79 Å². The van der Waals surface area contributed by atoms with Gasteiger partial charge in [-0.15, -0.1) is 0 Å². The number of benzene rings is 2. The first-order valence-electron chi connectivity index (χ1n) is 9.32. The molecule has 1 aromatic heterocycles. The minimum Gasteiger partial charge on any atom is -0.453 e. The van der Waals surface area contributed by atoms with Crippen LogP contribution in [0.4, 0.5) is 4.79 Å². The van der Waals surface area contributed by atoms with E-state index >= 15 is 0 Å². The molecule has 1 aliphatic heterocycles. The minimum atomic E-state index is -0.444. The van der Waals surface area contributed by atoms with Gasteiger partial charge in [-0.2, -0.15) is 0 Å². The molecule has 7 nitrogen and oxygen atoms in total. The third-order valence-electron chi connectivity index (χ3n) is 5.06. The number of methoxy groups -OCH3 is 1. The molecule has 0 atom stereocenters. The van der Waals surface area contributed by atoms with Gasteiger partial charge >= 0.3 is 11.7 Å². The smallest absolute Gasteiger partial charge is 0.409 e. The van der Waals surface area contributed by atoms with Crippen molar-refractivity contribution in [1.29, 1.82) is 0 Å². The van der Waals surface area contributed by atoms with Crippen LogP contribution in [-0.2, 0) is 4.74 Å². The lowest BCUT2D eigenvalue weighted by molar-refractivity contribution is 0.0600. The molecule has 4 rings (SSSR count). The summed E-state index contributed by atoms with van der Waals surface area (Å²) in [6.45, 7) is 1.70. The summed E-state index contributed by atoms with van der Waals surface area (Å²) >= 11 is 0. The summed E-state index contributed by atoms with van der Waals surface area (Å²) in [7, 11) is 1.34. The summed E-state index contributed by atoms with van der Waals surface area (Å²) in [5, 5.41) is 0.817. The van der Waals surface area contributed by atoms with Gasteiger partial charge in [0.1, 0.15) is 5.58 Å². The first-order valence-corrected chi connectivity index (χ1v) is 9.32. The van der Waals surface area contributed by atoms with E-state index < -0.39 is 5.63 Å². The van der Waals surface area contributed by atoms with E-state index in [1.54, 1.807) is 46.2 Å². The molecule has 3 aromatic rings. The lowest BCUT2D eigenvalue weighted by Crippen LogP contribution is -2.50. The van der Waals surface area contributed by atoms with E-state index in [-0.39, 0.29) is 12.0 Å². The molecule has 1 aliphatic rings. The van der Waals surface area contributed by atoms with Gasteiger partial charge in [-0.05, 0) is 29.8 Å². The molecule has 148 valence electrons. The molecule has 0 radical (unpaired) electrons. The van der Waals surface area contributed by atoms with Crippen molar-refractivity contribution in [3.8, 4) is 11.1 Å². The first-order chi connectivity index (χ1) is 14.1. The number of para-hydroxylation sites is 1. The Morgan fingerprint density at radius 2 is 1.66 bits per heavy atom. The van der Waals surface area contributed by atoms with E-state index in [1.165, 1.54) is 7.11 Å². The normalized spacial score (nSPS) is 14.1. The van der Waals surface area contributed by atoms with Crippen LogP contribution in [0, 0.1) is 0 Å². The highest BCUT2D eigenvalue weighted by molar-refractivity contribution is 5.96. The second kappa shape index (κ2) is 7.79. The van der Waals surface area contributed by atoms with E-state index in [0.29, 0.717) is 48.5 Å². The van der Waals surface area contributed by atoms with Crippen molar-refractivity contribution in [2.45, 2.75) is 0 Å². The summed E-state index contributed by atoms with van der Waals surface area (Å²) < 4.78 is 10.1. The Hall–Kier alpha value is -3.61. The lowest BCUT2D eigenvalue weighted by atomic mass is 10.0. The fourth-order valence-corrected chi connectivity index (χ4v) is 3.49. The summed E-state index contributed by atoms with van der Waals surface area (Å²) in [5.41, 5.74) is 1.61. The number of carbonyl (C=O) groups is 2. The van der Waals surface area contributed by atoms with E-state index in [0.717, 1.165) is 5.39 Å². The van der Waals surface area contributed by atoms with Gasteiger partial charge in [0, 0.05) is 37.1 Å². The van der Waals surface area contributed by atoms with Gasteiger partial charge in [-0.25, -0.2) is 9.59 Å².